The lowest BCUT2D eigenvalue weighted by Crippen LogP contribution is -2.44. The number of benzene rings is 1. The topological polar surface area (TPSA) is 53.4 Å². The number of carbonyl (C=O) groups is 1. The summed E-state index contributed by atoms with van der Waals surface area (Å²) in [6.07, 6.45) is 0.834. The van der Waals surface area contributed by atoms with Gasteiger partial charge in [0, 0.05) is 28.3 Å². The number of hydrogen-bond acceptors (Lipinski definition) is 2. The molecule has 4 nitrogen and oxygen atoms in total. The third-order valence-electron chi connectivity index (χ3n) is 3.33. The summed E-state index contributed by atoms with van der Waals surface area (Å²) in [5, 5.41) is 9.40. The van der Waals surface area contributed by atoms with Crippen molar-refractivity contribution in [3.05, 3.63) is 52.6 Å². The lowest BCUT2D eigenvalue weighted by molar-refractivity contribution is 0.0956. The van der Waals surface area contributed by atoms with E-state index in [1.807, 2.05) is 57.2 Å². The van der Waals surface area contributed by atoms with Gasteiger partial charge in [0.2, 0.25) is 0 Å². The molecule has 0 fully saturated rings. The molecule has 1 aromatic heterocycles. The summed E-state index contributed by atoms with van der Waals surface area (Å²) in [5.41, 5.74) is 2.34. The summed E-state index contributed by atoms with van der Waals surface area (Å²) >= 11 is 3.37. The number of pyridine rings is 1. The van der Waals surface area contributed by atoms with Crippen LogP contribution in [-0.2, 0) is 6.54 Å². The lowest BCUT2D eigenvalue weighted by atomic mass is 10.0. The van der Waals surface area contributed by atoms with Gasteiger partial charge in [-0.25, -0.2) is 4.79 Å². The molecule has 0 unspecified atom stereocenters. The minimum absolute atomic E-state index is 0.350. The van der Waals surface area contributed by atoms with Crippen LogP contribution in [0.1, 0.15) is 26.3 Å². The van der Waals surface area contributed by atoms with Crippen LogP contribution >= 0.6 is 15.9 Å². The second-order valence-electron chi connectivity index (χ2n) is 6.10. The van der Waals surface area contributed by atoms with Crippen molar-refractivity contribution >= 4 is 22.0 Å². The predicted molar refractivity (Wildman–Crippen MR) is 90.7 cm³/mol. The fourth-order valence-electron chi connectivity index (χ4n) is 2.15. The number of halogens is 1. The number of aromatic nitrogens is 1. The summed E-state index contributed by atoms with van der Waals surface area (Å²) in [6.45, 7) is 6.02. The van der Waals surface area contributed by atoms with Crippen LogP contribution in [0.25, 0.3) is 11.3 Å². The molecular formula is C17H19BrN2O2. The summed E-state index contributed by atoms with van der Waals surface area (Å²) in [5.74, 6) is 0. The summed E-state index contributed by atoms with van der Waals surface area (Å²) in [7, 11) is 0. The van der Waals surface area contributed by atoms with Crippen LogP contribution in [0.2, 0.25) is 0 Å². The van der Waals surface area contributed by atoms with Crippen molar-refractivity contribution in [3.8, 4) is 11.3 Å². The van der Waals surface area contributed by atoms with Gasteiger partial charge in [-0.15, -0.1) is 0 Å². The summed E-state index contributed by atoms with van der Waals surface area (Å²) in [4.78, 5) is 17.3. The molecular weight excluding hydrogens is 344 g/mol. The van der Waals surface area contributed by atoms with Crippen molar-refractivity contribution in [3.63, 3.8) is 0 Å². The molecule has 0 radical (unpaired) electrons. The van der Waals surface area contributed by atoms with Crippen molar-refractivity contribution in [2.75, 3.05) is 0 Å². The molecule has 22 heavy (non-hydrogen) atoms. The highest BCUT2D eigenvalue weighted by atomic mass is 79.9. The van der Waals surface area contributed by atoms with Gasteiger partial charge in [0.25, 0.3) is 0 Å². The second-order valence-corrected chi connectivity index (χ2v) is 7.02. The van der Waals surface area contributed by atoms with Gasteiger partial charge in [-0.2, -0.15) is 0 Å². The van der Waals surface area contributed by atoms with Crippen LogP contribution in [0.4, 0.5) is 4.79 Å². The fourth-order valence-corrected chi connectivity index (χ4v) is 2.38. The zero-order chi connectivity index (χ0) is 16.3. The maximum absolute atomic E-state index is 11.5. The van der Waals surface area contributed by atoms with E-state index in [-0.39, 0.29) is 0 Å². The van der Waals surface area contributed by atoms with E-state index in [4.69, 9.17) is 0 Å². The van der Waals surface area contributed by atoms with Crippen molar-refractivity contribution in [2.24, 2.45) is 0 Å². The monoisotopic (exact) mass is 362 g/mol. The van der Waals surface area contributed by atoms with Gasteiger partial charge in [-0.1, -0.05) is 18.2 Å². The van der Waals surface area contributed by atoms with E-state index in [0.717, 1.165) is 21.3 Å². The quantitative estimate of drug-likeness (QED) is 0.853. The van der Waals surface area contributed by atoms with E-state index < -0.39 is 11.6 Å². The zero-order valence-corrected chi connectivity index (χ0v) is 14.5. The van der Waals surface area contributed by atoms with Crippen LogP contribution < -0.4 is 0 Å². The summed E-state index contributed by atoms with van der Waals surface area (Å²) < 4.78 is 0.928. The average molecular weight is 363 g/mol. The maximum atomic E-state index is 11.5. The Morgan fingerprint density at radius 3 is 2.55 bits per heavy atom. The normalized spacial score (nSPS) is 11.3. The SMILES string of the molecule is CC(C)(C)N(Cc1cccc(-c2ccc(Br)cn2)c1)C(=O)O. The molecule has 0 bridgehead atoms. The highest BCUT2D eigenvalue weighted by Gasteiger charge is 2.26. The molecule has 2 aromatic rings. The van der Waals surface area contributed by atoms with Crippen molar-refractivity contribution in [1.82, 2.24) is 9.88 Å². The lowest BCUT2D eigenvalue weighted by Gasteiger charge is -2.33. The average Bonchev–Trinajstić information content (AvgIpc) is 2.44. The highest BCUT2D eigenvalue weighted by Crippen LogP contribution is 2.23. The first kappa shape index (κ1) is 16.5. The number of hydrogen-bond donors (Lipinski definition) is 1. The largest absolute Gasteiger partial charge is 0.465 e. The molecule has 0 spiro atoms. The predicted octanol–water partition coefficient (Wildman–Crippen LogP) is 4.79. The minimum atomic E-state index is -0.917. The van der Waals surface area contributed by atoms with Crippen molar-refractivity contribution in [1.29, 1.82) is 0 Å². The number of amides is 1. The van der Waals surface area contributed by atoms with Gasteiger partial charge in [0.05, 0.1) is 5.69 Å². The molecule has 0 saturated heterocycles. The van der Waals surface area contributed by atoms with E-state index >= 15 is 0 Å². The van der Waals surface area contributed by atoms with Gasteiger partial charge < -0.3 is 5.11 Å². The van der Waals surface area contributed by atoms with Gasteiger partial charge >= 0.3 is 6.09 Å². The van der Waals surface area contributed by atoms with E-state index in [2.05, 4.69) is 20.9 Å². The van der Waals surface area contributed by atoms with E-state index in [0.29, 0.717) is 6.54 Å². The number of nitrogens with zero attached hydrogens (tertiary/aromatic N) is 2. The van der Waals surface area contributed by atoms with Crippen LogP contribution in [0.5, 0.6) is 0 Å². The van der Waals surface area contributed by atoms with E-state index in [9.17, 15) is 9.90 Å². The first-order valence-corrected chi connectivity index (χ1v) is 7.78. The third-order valence-corrected chi connectivity index (χ3v) is 3.80. The van der Waals surface area contributed by atoms with Crippen LogP contribution in [0.3, 0.4) is 0 Å². The summed E-state index contributed by atoms with van der Waals surface area (Å²) in [6, 6.07) is 11.7. The second kappa shape index (κ2) is 6.48. The molecule has 5 heteroatoms. The van der Waals surface area contributed by atoms with Gasteiger partial charge in [0.15, 0.2) is 0 Å². The maximum Gasteiger partial charge on any atom is 0.408 e. The Hall–Kier alpha value is -1.88. The minimum Gasteiger partial charge on any atom is -0.465 e. The highest BCUT2D eigenvalue weighted by molar-refractivity contribution is 9.10. The Morgan fingerprint density at radius 1 is 1.27 bits per heavy atom. The zero-order valence-electron chi connectivity index (χ0n) is 12.9. The molecule has 0 saturated carbocycles. The van der Waals surface area contributed by atoms with Gasteiger partial charge in [-0.05, 0) is 60.5 Å². The Labute approximate surface area is 138 Å². The Kier molecular flexibility index (Phi) is 4.86. The van der Waals surface area contributed by atoms with Crippen LogP contribution in [0.15, 0.2) is 47.1 Å². The van der Waals surface area contributed by atoms with Gasteiger partial charge in [-0.3, -0.25) is 9.88 Å². The molecule has 0 aliphatic heterocycles. The molecule has 1 aromatic carbocycles. The van der Waals surface area contributed by atoms with Crippen LogP contribution in [0, 0.1) is 0 Å². The molecule has 1 N–H and O–H groups in total. The molecule has 1 amide bonds. The van der Waals surface area contributed by atoms with Crippen molar-refractivity contribution in [2.45, 2.75) is 32.9 Å². The van der Waals surface area contributed by atoms with E-state index in [1.165, 1.54) is 4.90 Å². The molecule has 2 rings (SSSR count). The third kappa shape index (κ3) is 4.07. The Bertz CT molecular complexity index is 663. The fraction of sp³-hybridized carbons (Fsp3) is 0.294. The number of carboxylic acid groups (broad SMARTS) is 1. The first-order valence-electron chi connectivity index (χ1n) is 6.99. The van der Waals surface area contributed by atoms with Crippen molar-refractivity contribution < 1.29 is 9.90 Å². The van der Waals surface area contributed by atoms with Crippen LogP contribution in [-0.4, -0.2) is 26.6 Å². The molecule has 116 valence electrons. The molecule has 0 aliphatic rings. The molecule has 1 heterocycles. The first-order chi connectivity index (χ1) is 10.3. The Morgan fingerprint density at radius 2 is 2.00 bits per heavy atom. The Balaban J connectivity index is 2.28. The number of rotatable bonds is 3. The van der Waals surface area contributed by atoms with Gasteiger partial charge in [0.1, 0.15) is 0 Å². The molecule has 0 atom stereocenters. The molecule has 0 aliphatic carbocycles. The standard InChI is InChI=1S/C17H19BrN2O2/c1-17(2,3)20(16(21)22)11-12-5-4-6-13(9-12)15-8-7-14(18)10-19-15/h4-10H,11H2,1-3H3,(H,21,22). The van der Waals surface area contributed by atoms with E-state index in [1.54, 1.807) is 6.20 Å². The smallest absolute Gasteiger partial charge is 0.408 e.